The van der Waals surface area contributed by atoms with Crippen LogP contribution in [0.25, 0.3) is 0 Å². The molecule has 1 aromatic rings. The highest BCUT2D eigenvalue weighted by Crippen LogP contribution is 2.26. The molecule has 1 rings (SSSR count). The summed E-state index contributed by atoms with van der Waals surface area (Å²) in [6.07, 6.45) is -0.0575. The molecule has 19 heavy (non-hydrogen) atoms. The Morgan fingerprint density at radius 2 is 2.16 bits per heavy atom. The van der Waals surface area contributed by atoms with Crippen LogP contribution in [0, 0.1) is 17.0 Å². The van der Waals surface area contributed by atoms with Gasteiger partial charge >= 0.3 is 5.69 Å². The summed E-state index contributed by atoms with van der Waals surface area (Å²) in [5, 5.41) is 16.8. The zero-order valence-electron chi connectivity index (χ0n) is 11.6. The summed E-state index contributed by atoms with van der Waals surface area (Å²) in [6.45, 7) is 6.39. The van der Waals surface area contributed by atoms with E-state index >= 15 is 0 Å². The molecule has 0 aromatic carbocycles. The van der Waals surface area contributed by atoms with E-state index in [9.17, 15) is 10.1 Å². The maximum atomic E-state index is 11.0. The number of nitro groups is 1. The van der Waals surface area contributed by atoms with Crippen LogP contribution >= 0.6 is 0 Å². The molecule has 0 bridgehead atoms. The van der Waals surface area contributed by atoms with Gasteiger partial charge < -0.3 is 15.4 Å². The van der Waals surface area contributed by atoms with E-state index in [0.717, 1.165) is 0 Å². The normalized spacial score (nSPS) is 12.0. The Balaban J connectivity index is 2.96. The van der Waals surface area contributed by atoms with E-state index in [1.165, 1.54) is 0 Å². The summed E-state index contributed by atoms with van der Waals surface area (Å²) in [5.41, 5.74) is 0.207. The molecule has 0 spiro atoms. The van der Waals surface area contributed by atoms with Crippen molar-refractivity contribution in [3.05, 3.63) is 15.8 Å². The topological polar surface area (TPSA) is 102 Å². The van der Waals surface area contributed by atoms with Gasteiger partial charge in [0.05, 0.1) is 11.0 Å². The number of aryl methyl sites for hydroxylation is 1. The first-order valence-corrected chi connectivity index (χ1v) is 6.05. The molecule has 1 aromatic heterocycles. The third-order valence-corrected chi connectivity index (χ3v) is 2.47. The molecule has 0 fully saturated rings. The number of hydrogen-bond acceptors (Lipinski definition) is 7. The highest BCUT2D eigenvalue weighted by atomic mass is 16.6. The van der Waals surface area contributed by atoms with Crippen LogP contribution in [0.4, 0.5) is 17.5 Å². The minimum absolute atomic E-state index is 0.0575. The monoisotopic (exact) mass is 269 g/mol. The lowest BCUT2D eigenvalue weighted by Crippen LogP contribution is -2.21. The van der Waals surface area contributed by atoms with Gasteiger partial charge in [0, 0.05) is 20.2 Å². The summed E-state index contributed by atoms with van der Waals surface area (Å²) in [7, 11) is 1.66. The minimum Gasteiger partial charge on any atom is -0.377 e. The van der Waals surface area contributed by atoms with Crippen LogP contribution in [-0.2, 0) is 4.74 Å². The molecular formula is C11H19N5O3. The molecule has 0 saturated heterocycles. The molecule has 1 atom stereocenters. The quantitative estimate of drug-likeness (QED) is 0.572. The lowest BCUT2D eigenvalue weighted by Gasteiger charge is -2.14. The lowest BCUT2D eigenvalue weighted by molar-refractivity contribution is -0.385. The Labute approximate surface area is 111 Å². The number of hydrogen-bond donors (Lipinski definition) is 2. The van der Waals surface area contributed by atoms with E-state index in [4.69, 9.17) is 4.74 Å². The predicted octanol–water partition coefficient (Wildman–Crippen LogP) is 1.57. The molecule has 0 aliphatic carbocycles. The molecule has 1 unspecified atom stereocenters. The Hall–Kier alpha value is -1.96. The summed E-state index contributed by atoms with van der Waals surface area (Å²) in [5.74, 6) is 0.545. The maximum absolute atomic E-state index is 11.0. The van der Waals surface area contributed by atoms with E-state index in [1.807, 2.05) is 13.8 Å². The molecule has 8 heteroatoms. The van der Waals surface area contributed by atoms with Crippen LogP contribution < -0.4 is 10.6 Å². The highest BCUT2D eigenvalue weighted by Gasteiger charge is 2.22. The Morgan fingerprint density at radius 1 is 1.47 bits per heavy atom. The van der Waals surface area contributed by atoms with Gasteiger partial charge in [0.25, 0.3) is 0 Å². The first kappa shape index (κ1) is 15.1. The van der Waals surface area contributed by atoms with E-state index < -0.39 is 4.92 Å². The first-order chi connectivity index (χ1) is 8.99. The molecule has 0 amide bonds. The molecular weight excluding hydrogens is 250 g/mol. The van der Waals surface area contributed by atoms with Gasteiger partial charge in [-0.2, -0.15) is 4.98 Å². The van der Waals surface area contributed by atoms with Gasteiger partial charge in [-0.15, -0.1) is 0 Å². The van der Waals surface area contributed by atoms with Crippen LogP contribution in [0.2, 0.25) is 0 Å². The van der Waals surface area contributed by atoms with E-state index in [1.54, 1.807) is 14.0 Å². The molecule has 0 saturated carbocycles. The van der Waals surface area contributed by atoms with Gasteiger partial charge in [-0.1, -0.05) is 0 Å². The Morgan fingerprint density at radius 3 is 2.68 bits per heavy atom. The van der Waals surface area contributed by atoms with Crippen LogP contribution in [-0.4, -0.2) is 41.2 Å². The van der Waals surface area contributed by atoms with Gasteiger partial charge in [0.2, 0.25) is 11.8 Å². The van der Waals surface area contributed by atoms with E-state index in [0.29, 0.717) is 24.8 Å². The summed E-state index contributed by atoms with van der Waals surface area (Å²) < 4.78 is 5.36. The average Bonchev–Trinajstić information content (AvgIpc) is 2.35. The van der Waals surface area contributed by atoms with Gasteiger partial charge in [-0.05, 0) is 20.8 Å². The van der Waals surface area contributed by atoms with Gasteiger partial charge in [0.15, 0.2) is 0 Å². The molecule has 0 aliphatic rings. The second-order valence-corrected chi connectivity index (χ2v) is 3.98. The van der Waals surface area contributed by atoms with Crippen molar-refractivity contribution in [3.63, 3.8) is 0 Å². The van der Waals surface area contributed by atoms with Crippen molar-refractivity contribution in [1.29, 1.82) is 0 Å². The van der Waals surface area contributed by atoms with Crippen molar-refractivity contribution >= 4 is 17.5 Å². The summed E-state index contributed by atoms with van der Waals surface area (Å²) in [4.78, 5) is 18.6. The van der Waals surface area contributed by atoms with Crippen molar-refractivity contribution in [2.45, 2.75) is 26.9 Å². The number of rotatable bonds is 7. The lowest BCUT2D eigenvalue weighted by atomic mass is 10.3. The Kier molecular flexibility index (Phi) is 5.43. The van der Waals surface area contributed by atoms with Crippen LogP contribution in [0.15, 0.2) is 0 Å². The third-order valence-electron chi connectivity index (χ3n) is 2.47. The minimum atomic E-state index is -0.484. The standard InChI is InChI=1S/C11H19N5O3/c1-5-19-7(2)6-13-10-9(16(17)18)8(3)14-11(12-4)15-10/h7H,5-6H2,1-4H3,(H2,12,13,14,15). The largest absolute Gasteiger partial charge is 0.377 e. The Bertz CT molecular complexity index is 452. The summed E-state index contributed by atoms with van der Waals surface area (Å²) in [6, 6.07) is 0. The van der Waals surface area contributed by atoms with Crippen molar-refractivity contribution in [1.82, 2.24) is 9.97 Å². The fraction of sp³-hybridized carbons (Fsp3) is 0.636. The van der Waals surface area contributed by atoms with E-state index in [2.05, 4.69) is 20.6 Å². The number of nitrogens with one attached hydrogen (secondary N) is 2. The van der Waals surface area contributed by atoms with Gasteiger partial charge in [0.1, 0.15) is 5.69 Å². The van der Waals surface area contributed by atoms with Crippen molar-refractivity contribution in [2.24, 2.45) is 0 Å². The fourth-order valence-electron chi connectivity index (χ4n) is 1.60. The molecule has 0 aliphatic heterocycles. The zero-order chi connectivity index (χ0) is 14.4. The maximum Gasteiger partial charge on any atom is 0.332 e. The smallest absolute Gasteiger partial charge is 0.332 e. The first-order valence-electron chi connectivity index (χ1n) is 6.05. The fourth-order valence-corrected chi connectivity index (χ4v) is 1.60. The van der Waals surface area contributed by atoms with Crippen molar-refractivity contribution < 1.29 is 9.66 Å². The average molecular weight is 269 g/mol. The van der Waals surface area contributed by atoms with Crippen molar-refractivity contribution in [2.75, 3.05) is 30.8 Å². The van der Waals surface area contributed by atoms with Gasteiger partial charge in [-0.25, -0.2) is 4.98 Å². The zero-order valence-corrected chi connectivity index (χ0v) is 11.6. The van der Waals surface area contributed by atoms with E-state index in [-0.39, 0.29) is 17.6 Å². The van der Waals surface area contributed by atoms with Crippen LogP contribution in [0.1, 0.15) is 19.5 Å². The number of aromatic nitrogens is 2. The molecule has 8 nitrogen and oxygen atoms in total. The van der Waals surface area contributed by atoms with Crippen LogP contribution in [0.5, 0.6) is 0 Å². The second-order valence-electron chi connectivity index (χ2n) is 3.98. The van der Waals surface area contributed by atoms with Crippen molar-refractivity contribution in [3.8, 4) is 0 Å². The predicted molar refractivity (Wildman–Crippen MR) is 72.5 cm³/mol. The van der Waals surface area contributed by atoms with Crippen LogP contribution in [0.3, 0.4) is 0 Å². The van der Waals surface area contributed by atoms with Gasteiger partial charge in [-0.3, -0.25) is 10.1 Å². The molecule has 106 valence electrons. The summed E-state index contributed by atoms with van der Waals surface area (Å²) >= 11 is 0. The number of anilines is 2. The second kappa shape index (κ2) is 6.83. The number of ether oxygens (including phenoxy) is 1. The molecule has 1 heterocycles. The highest BCUT2D eigenvalue weighted by molar-refractivity contribution is 5.60. The molecule has 2 N–H and O–H groups in total. The SMILES string of the molecule is CCOC(C)CNc1nc(NC)nc(C)c1[N+](=O)[O-]. The molecule has 0 radical (unpaired) electrons. The third kappa shape index (κ3) is 4.02. The number of nitrogens with zero attached hydrogens (tertiary/aromatic N) is 3.